The predicted molar refractivity (Wildman–Crippen MR) is 216 cm³/mol. The van der Waals surface area contributed by atoms with Crippen molar-refractivity contribution in [3.63, 3.8) is 0 Å². The summed E-state index contributed by atoms with van der Waals surface area (Å²) in [5, 5.41) is 14.4. The van der Waals surface area contributed by atoms with Crippen LogP contribution in [0.5, 0.6) is 0 Å². The summed E-state index contributed by atoms with van der Waals surface area (Å²) in [6.45, 7) is 4.24. The predicted octanol–water partition coefficient (Wildman–Crippen LogP) is 7.32. The number of hydrogen-bond donors (Lipinski definition) is 0. The lowest BCUT2D eigenvalue weighted by Gasteiger charge is -2.32. The summed E-state index contributed by atoms with van der Waals surface area (Å²) in [5.74, 6) is -1.64. The Kier molecular flexibility index (Phi) is 10.7. The Morgan fingerprint density at radius 1 is 0.759 bits per heavy atom. The molecule has 0 radical (unpaired) electrons. The van der Waals surface area contributed by atoms with Crippen LogP contribution in [0.15, 0.2) is 138 Å². The SMILES string of the molecule is COC(=O)/C=C/C1=C(c2ccc(Cl)c([N+](=O)[O-])c2)N(S(=O)(=O)c2ccc(C)cc2)C(=O)C1=P(c1ccc(C)cc1)(c1ccc(C)cc1)c1ccc(C)cc1. The molecule has 0 saturated heterocycles. The van der Waals surface area contributed by atoms with Gasteiger partial charge in [-0.1, -0.05) is 125 Å². The molecule has 1 aliphatic heterocycles. The molecule has 274 valence electrons. The molecule has 1 amide bonds. The van der Waals surface area contributed by atoms with Gasteiger partial charge in [0.2, 0.25) is 0 Å². The lowest BCUT2D eigenvalue weighted by atomic mass is 10.1. The molecular weight excluding hydrogens is 743 g/mol. The maximum atomic E-state index is 15.7. The first-order valence-corrected chi connectivity index (χ1v) is 20.4. The Morgan fingerprint density at radius 2 is 1.20 bits per heavy atom. The maximum absolute atomic E-state index is 15.7. The van der Waals surface area contributed by atoms with Crippen LogP contribution >= 0.6 is 18.5 Å². The maximum Gasteiger partial charge on any atom is 0.330 e. The van der Waals surface area contributed by atoms with Gasteiger partial charge in [-0.25, -0.2) is 13.2 Å². The summed E-state index contributed by atoms with van der Waals surface area (Å²) in [4.78, 5) is 39.9. The number of rotatable bonds is 9. The molecule has 5 aromatic rings. The Labute approximate surface area is 319 Å². The Morgan fingerprint density at radius 3 is 1.63 bits per heavy atom. The molecule has 0 bridgehead atoms. The Bertz CT molecular complexity index is 2430. The number of ether oxygens (including phenoxy) is 1. The van der Waals surface area contributed by atoms with E-state index in [1.807, 2.05) is 93.6 Å². The Hall–Kier alpha value is -5.54. The van der Waals surface area contributed by atoms with E-state index in [1.54, 1.807) is 19.1 Å². The highest BCUT2D eigenvalue weighted by Crippen LogP contribution is 2.53. The summed E-state index contributed by atoms with van der Waals surface area (Å²) >= 11 is 6.27. The van der Waals surface area contributed by atoms with Gasteiger partial charge in [-0.2, -0.15) is 4.31 Å². The average molecular weight is 779 g/mol. The summed E-state index contributed by atoms with van der Waals surface area (Å²) in [6.07, 6.45) is 2.48. The molecule has 0 fully saturated rings. The minimum Gasteiger partial charge on any atom is -0.466 e. The average Bonchev–Trinajstić information content (AvgIpc) is 3.45. The summed E-state index contributed by atoms with van der Waals surface area (Å²) in [7, 11) is -3.51. The van der Waals surface area contributed by atoms with Crippen molar-refractivity contribution in [2.24, 2.45) is 0 Å². The Balaban J connectivity index is 1.94. The van der Waals surface area contributed by atoms with E-state index in [9.17, 15) is 23.3 Å². The molecule has 0 spiro atoms. The van der Waals surface area contributed by atoms with Gasteiger partial charge in [-0.05, 0) is 74.8 Å². The van der Waals surface area contributed by atoms with Gasteiger partial charge in [-0.3, -0.25) is 14.9 Å². The fourth-order valence-corrected chi connectivity index (χ4v) is 12.6. The van der Waals surface area contributed by atoms with Gasteiger partial charge in [0.25, 0.3) is 21.6 Å². The first-order valence-electron chi connectivity index (χ1n) is 16.8. The lowest BCUT2D eigenvalue weighted by Crippen LogP contribution is -2.39. The molecule has 12 heteroatoms. The van der Waals surface area contributed by atoms with Crippen molar-refractivity contribution in [2.45, 2.75) is 32.6 Å². The van der Waals surface area contributed by atoms with E-state index in [4.69, 9.17) is 16.3 Å². The number of carbonyl (C=O) groups excluding carboxylic acids is 2. The van der Waals surface area contributed by atoms with Crippen molar-refractivity contribution in [2.75, 3.05) is 7.11 Å². The van der Waals surface area contributed by atoms with Crippen LogP contribution in [0.1, 0.15) is 27.8 Å². The van der Waals surface area contributed by atoms with Gasteiger partial charge in [0.05, 0.1) is 27.9 Å². The van der Waals surface area contributed by atoms with Crippen LogP contribution in [0.2, 0.25) is 5.02 Å². The third kappa shape index (κ3) is 6.84. The zero-order chi connectivity index (χ0) is 38.9. The quantitative estimate of drug-likeness (QED) is 0.0505. The van der Waals surface area contributed by atoms with Gasteiger partial charge in [0.1, 0.15) is 5.02 Å². The highest BCUT2D eigenvalue weighted by atomic mass is 35.5. The van der Waals surface area contributed by atoms with Crippen LogP contribution < -0.4 is 15.9 Å². The standard InChI is InChI=1S/C42H36ClN2O7PS/c1-27-6-15-32(16-7-27)53(33-17-8-28(2)9-18-33,34-19-10-29(3)11-20-34)41-36(23-25-39(46)52-5)40(31-14-24-37(43)38(26-31)45(48)49)44(42(41)47)54(50,51)35-21-12-30(4)13-22-35/h6-26H,1-5H3/b25-23+. The molecule has 0 N–H and O–H groups in total. The second-order valence-corrected chi connectivity index (χ2v) is 18.5. The van der Waals surface area contributed by atoms with Crippen molar-refractivity contribution in [3.05, 3.63) is 176 Å². The number of carbonyl (C=O) groups is 2. The van der Waals surface area contributed by atoms with Crippen LogP contribution in [-0.2, 0) is 24.3 Å². The number of allylic oxidation sites excluding steroid dienone is 1. The minimum absolute atomic E-state index is 0.0180. The topological polar surface area (TPSA) is 124 Å². The van der Waals surface area contributed by atoms with E-state index < -0.39 is 39.4 Å². The molecule has 6 rings (SSSR count). The molecule has 0 aromatic heterocycles. The van der Waals surface area contributed by atoms with E-state index in [-0.39, 0.29) is 32.0 Å². The smallest absolute Gasteiger partial charge is 0.330 e. The van der Waals surface area contributed by atoms with Crippen LogP contribution in [0.3, 0.4) is 0 Å². The van der Waals surface area contributed by atoms with Crippen molar-refractivity contribution < 1.29 is 27.7 Å². The van der Waals surface area contributed by atoms with E-state index in [0.29, 0.717) is 4.31 Å². The van der Waals surface area contributed by atoms with Crippen molar-refractivity contribution in [3.8, 4) is 0 Å². The molecule has 0 unspecified atom stereocenters. The van der Waals surface area contributed by atoms with Gasteiger partial charge < -0.3 is 4.74 Å². The highest BCUT2D eigenvalue weighted by molar-refractivity contribution is 7.97. The van der Waals surface area contributed by atoms with Crippen LogP contribution in [0.25, 0.3) is 5.70 Å². The van der Waals surface area contributed by atoms with E-state index >= 15 is 4.79 Å². The minimum atomic E-state index is -4.71. The number of nitrogens with zero attached hydrogens (tertiary/aromatic N) is 2. The normalized spacial score (nSPS) is 13.6. The van der Waals surface area contributed by atoms with E-state index in [2.05, 4.69) is 0 Å². The van der Waals surface area contributed by atoms with Crippen molar-refractivity contribution >= 4 is 73.0 Å². The number of aryl methyl sites for hydroxylation is 4. The first-order chi connectivity index (χ1) is 25.7. The van der Waals surface area contributed by atoms with Gasteiger partial charge in [0, 0.05) is 23.3 Å². The second-order valence-electron chi connectivity index (χ2n) is 13.0. The molecule has 0 saturated carbocycles. The summed E-state index contributed by atoms with van der Waals surface area (Å²) in [6, 6.07) is 33.1. The number of halogens is 1. The number of amides is 1. The van der Waals surface area contributed by atoms with Crippen molar-refractivity contribution in [1.29, 1.82) is 0 Å². The number of methoxy groups -OCH3 is 1. The number of esters is 1. The zero-order valence-electron chi connectivity index (χ0n) is 30.1. The van der Waals surface area contributed by atoms with Crippen LogP contribution in [0, 0.1) is 37.8 Å². The molecular formula is C42H36ClN2O7PS. The molecule has 1 aliphatic rings. The number of hydrogen-bond acceptors (Lipinski definition) is 7. The summed E-state index contributed by atoms with van der Waals surface area (Å²) in [5.41, 5.74) is 3.11. The summed E-state index contributed by atoms with van der Waals surface area (Å²) < 4.78 is 35.6. The van der Waals surface area contributed by atoms with Gasteiger partial charge in [-0.15, -0.1) is 0 Å². The van der Waals surface area contributed by atoms with Gasteiger partial charge >= 0.3 is 5.97 Å². The monoisotopic (exact) mass is 778 g/mol. The molecule has 1 heterocycles. The van der Waals surface area contributed by atoms with Crippen LogP contribution in [0.4, 0.5) is 5.69 Å². The third-order valence-corrected chi connectivity index (χ3v) is 15.6. The number of nitro groups is 1. The number of sulfonamides is 1. The highest BCUT2D eigenvalue weighted by Gasteiger charge is 2.48. The molecule has 54 heavy (non-hydrogen) atoms. The third-order valence-electron chi connectivity index (χ3n) is 9.26. The fourth-order valence-electron chi connectivity index (χ4n) is 6.49. The lowest BCUT2D eigenvalue weighted by molar-refractivity contribution is -0.384. The first kappa shape index (κ1) is 38.2. The van der Waals surface area contributed by atoms with Crippen molar-refractivity contribution in [1.82, 2.24) is 4.31 Å². The van der Waals surface area contributed by atoms with Gasteiger partial charge in [0.15, 0.2) is 0 Å². The van der Waals surface area contributed by atoms with E-state index in [1.165, 1.54) is 37.5 Å². The second kappa shape index (κ2) is 15.1. The fraction of sp³-hybridized carbons (Fsp3) is 0.119. The molecule has 0 aliphatic carbocycles. The number of benzene rings is 5. The van der Waals surface area contributed by atoms with Crippen LogP contribution in [-0.4, -0.2) is 41.9 Å². The molecule has 0 atom stereocenters. The largest absolute Gasteiger partial charge is 0.466 e. The molecule has 9 nitrogen and oxygen atoms in total. The number of nitro benzene ring substituents is 1. The molecule has 5 aromatic carbocycles. The van der Waals surface area contributed by atoms with E-state index in [0.717, 1.165) is 50.3 Å². The zero-order valence-corrected chi connectivity index (χ0v) is 32.6.